The first-order valence-corrected chi connectivity index (χ1v) is 7.81. The Morgan fingerprint density at radius 3 is 2.55 bits per heavy atom. The van der Waals surface area contributed by atoms with Gasteiger partial charge in [-0.05, 0) is 30.7 Å². The summed E-state index contributed by atoms with van der Waals surface area (Å²) in [5, 5.41) is 4.49. The topological polar surface area (TPSA) is 34.9 Å². The molecule has 1 aromatic heterocycles. The lowest BCUT2D eigenvalue weighted by Gasteiger charge is -2.08. The minimum Gasteiger partial charge on any atom is -0.268 e. The van der Waals surface area contributed by atoms with Gasteiger partial charge in [-0.15, -0.1) is 0 Å². The maximum absolute atomic E-state index is 12.0. The molecule has 3 aromatic rings. The predicted octanol–water partition coefficient (Wildman–Crippen LogP) is 4.03. The Hall–Kier alpha value is -2.20. The van der Waals surface area contributed by atoms with Gasteiger partial charge in [0.05, 0.1) is 12.2 Å². The molecule has 110 valence electrons. The third kappa shape index (κ3) is 3.34. The minimum absolute atomic E-state index is 0.0950. The fraction of sp³-hybridized carbons (Fsp3) is 0.111. The van der Waals surface area contributed by atoms with Crippen LogP contribution in [0.1, 0.15) is 11.1 Å². The maximum atomic E-state index is 12.0. The highest BCUT2D eigenvalue weighted by molar-refractivity contribution is 9.10. The average Bonchev–Trinajstić information content (AvgIpc) is 2.50. The molecule has 22 heavy (non-hydrogen) atoms. The summed E-state index contributed by atoms with van der Waals surface area (Å²) in [5.41, 5.74) is 3.93. The minimum atomic E-state index is -0.0950. The Balaban J connectivity index is 1.96. The van der Waals surface area contributed by atoms with Gasteiger partial charge in [-0.1, -0.05) is 57.9 Å². The molecule has 0 aliphatic carbocycles. The second-order valence-corrected chi connectivity index (χ2v) is 6.13. The summed E-state index contributed by atoms with van der Waals surface area (Å²) in [6.07, 6.45) is 0. The van der Waals surface area contributed by atoms with Crippen LogP contribution in [0.3, 0.4) is 0 Å². The van der Waals surface area contributed by atoms with Gasteiger partial charge in [0.2, 0.25) is 0 Å². The summed E-state index contributed by atoms with van der Waals surface area (Å²) in [4.78, 5) is 12.0. The Labute approximate surface area is 137 Å². The summed E-state index contributed by atoms with van der Waals surface area (Å²) in [6, 6.07) is 19.3. The summed E-state index contributed by atoms with van der Waals surface area (Å²) in [7, 11) is 0. The lowest BCUT2D eigenvalue weighted by molar-refractivity contribution is 0.642. The van der Waals surface area contributed by atoms with Crippen LogP contribution in [-0.4, -0.2) is 9.78 Å². The first-order valence-electron chi connectivity index (χ1n) is 7.01. The molecule has 0 saturated heterocycles. The van der Waals surface area contributed by atoms with E-state index < -0.39 is 0 Å². The molecule has 0 radical (unpaired) electrons. The molecule has 4 heteroatoms. The molecular formula is C18H15BrN2O. The van der Waals surface area contributed by atoms with Crippen LogP contribution < -0.4 is 5.56 Å². The molecule has 0 amide bonds. The second-order valence-electron chi connectivity index (χ2n) is 5.21. The highest BCUT2D eigenvalue weighted by atomic mass is 79.9. The smallest absolute Gasteiger partial charge is 0.267 e. The molecule has 1 heterocycles. The molecule has 0 saturated carbocycles. The van der Waals surface area contributed by atoms with E-state index in [1.165, 1.54) is 10.2 Å². The third-order valence-electron chi connectivity index (χ3n) is 3.42. The number of nitrogens with zero attached hydrogens (tertiary/aromatic N) is 2. The van der Waals surface area contributed by atoms with Gasteiger partial charge in [-0.25, -0.2) is 4.68 Å². The lowest BCUT2D eigenvalue weighted by Crippen LogP contribution is -2.22. The largest absolute Gasteiger partial charge is 0.268 e. The Bertz CT molecular complexity index is 853. The number of aromatic nitrogens is 2. The van der Waals surface area contributed by atoms with E-state index in [1.54, 1.807) is 12.1 Å². The van der Waals surface area contributed by atoms with Gasteiger partial charge >= 0.3 is 0 Å². The number of benzene rings is 2. The average molecular weight is 355 g/mol. The molecule has 0 aliphatic rings. The first-order chi connectivity index (χ1) is 10.6. The number of rotatable bonds is 3. The zero-order valence-corrected chi connectivity index (χ0v) is 13.7. The van der Waals surface area contributed by atoms with E-state index in [0.717, 1.165) is 21.3 Å². The van der Waals surface area contributed by atoms with E-state index in [1.807, 2.05) is 49.4 Å². The van der Waals surface area contributed by atoms with E-state index in [-0.39, 0.29) is 5.56 Å². The number of hydrogen-bond donors (Lipinski definition) is 0. The van der Waals surface area contributed by atoms with Crippen LogP contribution in [0.15, 0.2) is 69.9 Å². The van der Waals surface area contributed by atoms with Crippen molar-refractivity contribution in [2.45, 2.75) is 13.5 Å². The quantitative estimate of drug-likeness (QED) is 0.711. The molecule has 0 unspecified atom stereocenters. The molecule has 3 nitrogen and oxygen atoms in total. The maximum Gasteiger partial charge on any atom is 0.267 e. The number of hydrogen-bond acceptors (Lipinski definition) is 2. The predicted molar refractivity (Wildman–Crippen MR) is 91.9 cm³/mol. The van der Waals surface area contributed by atoms with Gasteiger partial charge in [-0.2, -0.15) is 5.10 Å². The number of aryl methyl sites for hydroxylation is 1. The Kier molecular flexibility index (Phi) is 4.20. The van der Waals surface area contributed by atoms with Crippen molar-refractivity contribution >= 4 is 15.9 Å². The van der Waals surface area contributed by atoms with Crippen molar-refractivity contribution in [3.8, 4) is 11.3 Å². The van der Waals surface area contributed by atoms with E-state index in [9.17, 15) is 4.79 Å². The first kappa shape index (κ1) is 14.7. The monoisotopic (exact) mass is 354 g/mol. The highest BCUT2D eigenvalue weighted by Gasteiger charge is 2.04. The molecule has 0 aliphatic heterocycles. The molecule has 0 bridgehead atoms. The van der Waals surface area contributed by atoms with Crippen molar-refractivity contribution < 1.29 is 0 Å². The molecule has 3 rings (SSSR count). The molecule has 0 N–H and O–H groups in total. The van der Waals surface area contributed by atoms with Crippen LogP contribution in [-0.2, 0) is 6.54 Å². The summed E-state index contributed by atoms with van der Waals surface area (Å²) in [5.74, 6) is 0. The Morgan fingerprint density at radius 1 is 1.05 bits per heavy atom. The van der Waals surface area contributed by atoms with E-state index >= 15 is 0 Å². The number of halogens is 1. The van der Waals surface area contributed by atoms with Gasteiger partial charge < -0.3 is 0 Å². The van der Waals surface area contributed by atoms with Crippen molar-refractivity contribution in [3.05, 3.63) is 86.6 Å². The van der Waals surface area contributed by atoms with Crippen molar-refractivity contribution in [2.75, 3.05) is 0 Å². The van der Waals surface area contributed by atoms with Crippen LogP contribution in [0.25, 0.3) is 11.3 Å². The Morgan fingerprint density at radius 2 is 1.82 bits per heavy atom. The van der Waals surface area contributed by atoms with E-state index in [2.05, 4.69) is 27.1 Å². The van der Waals surface area contributed by atoms with Crippen LogP contribution >= 0.6 is 15.9 Å². The van der Waals surface area contributed by atoms with Crippen molar-refractivity contribution in [2.24, 2.45) is 0 Å². The fourth-order valence-corrected chi connectivity index (χ4v) is 2.58. The van der Waals surface area contributed by atoms with Crippen LogP contribution in [0.5, 0.6) is 0 Å². The van der Waals surface area contributed by atoms with E-state index in [0.29, 0.717) is 6.54 Å². The molecule has 0 atom stereocenters. The zero-order chi connectivity index (χ0) is 15.5. The van der Waals surface area contributed by atoms with Crippen molar-refractivity contribution in [1.29, 1.82) is 0 Å². The normalized spacial score (nSPS) is 10.6. The molecular weight excluding hydrogens is 340 g/mol. The van der Waals surface area contributed by atoms with Crippen molar-refractivity contribution in [3.63, 3.8) is 0 Å². The summed E-state index contributed by atoms with van der Waals surface area (Å²) in [6.45, 7) is 2.52. The molecule has 0 fully saturated rings. The van der Waals surface area contributed by atoms with Crippen LogP contribution in [0.2, 0.25) is 0 Å². The van der Waals surface area contributed by atoms with E-state index in [4.69, 9.17) is 0 Å². The van der Waals surface area contributed by atoms with Crippen molar-refractivity contribution in [1.82, 2.24) is 9.78 Å². The second kappa shape index (κ2) is 6.28. The third-order valence-corrected chi connectivity index (χ3v) is 3.95. The van der Waals surface area contributed by atoms with Gasteiger partial charge in [-0.3, -0.25) is 4.79 Å². The highest BCUT2D eigenvalue weighted by Crippen LogP contribution is 2.19. The summed E-state index contributed by atoms with van der Waals surface area (Å²) >= 11 is 3.42. The molecule has 0 spiro atoms. The zero-order valence-electron chi connectivity index (χ0n) is 12.2. The van der Waals surface area contributed by atoms with Gasteiger partial charge in [0.25, 0.3) is 5.56 Å². The van der Waals surface area contributed by atoms with Gasteiger partial charge in [0.15, 0.2) is 0 Å². The van der Waals surface area contributed by atoms with Crippen LogP contribution in [0, 0.1) is 6.92 Å². The summed E-state index contributed by atoms with van der Waals surface area (Å²) < 4.78 is 2.52. The van der Waals surface area contributed by atoms with Crippen LogP contribution in [0.4, 0.5) is 0 Å². The standard InChI is InChI=1S/C18H15BrN2O/c1-13-3-2-4-14(11-13)12-21-18(22)10-9-17(20-21)15-5-7-16(19)8-6-15/h2-11H,12H2,1H3. The fourth-order valence-electron chi connectivity index (χ4n) is 2.32. The molecule has 2 aromatic carbocycles. The van der Waals surface area contributed by atoms with Gasteiger partial charge in [0, 0.05) is 16.1 Å². The lowest BCUT2D eigenvalue weighted by atomic mass is 10.1. The van der Waals surface area contributed by atoms with Gasteiger partial charge in [0.1, 0.15) is 0 Å². The SMILES string of the molecule is Cc1cccc(Cn2nc(-c3ccc(Br)cc3)ccc2=O)c1.